The molecule has 4 N–H and O–H groups in total. The molecule has 114 valence electrons. The Morgan fingerprint density at radius 1 is 1.40 bits per heavy atom. The van der Waals surface area contributed by atoms with Crippen LogP contribution in [0.5, 0.6) is 0 Å². The minimum atomic E-state index is -0.144. The van der Waals surface area contributed by atoms with Crippen molar-refractivity contribution < 1.29 is 4.79 Å². The maximum atomic E-state index is 12.2. The van der Waals surface area contributed by atoms with Gasteiger partial charge >= 0.3 is 0 Å². The standard InChI is InChI=1S/C14H26N4OS/c1-7-8(2)9(3)16-12(19)10-11(15)17-13(20-10)18-14(4,5)6/h8-9H,7,15H2,1-6H3,(H,16,19)(H,17,18). The number of rotatable bonds is 5. The summed E-state index contributed by atoms with van der Waals surface area (Å²) in [5.74, 6) is 0.575. The molecule has 0 aliphatic rings. The zero-order valence-corrected chi connectivity index (χ0v) is 14.0. The van der Waals surface area contributed by atoms with E-state index in [1.807, 2.05) is 27.7 Å². The van der Waals surface area contributed by atoms with Crippen molar-refractivity contribution in [3.63, 3.8) is 0 Å². The summed E-state index contributed by atoms with van der Waals surface area (Å²) >= 11 is 1.30. The Labute approximate surface area is 125 Å². The van der Waals surface area contributed by atoms with E-state index in [1.165, 1.54) is 11.3 Å². The van der Waals surface area contributed by atoms with E-state index in [0.29, 0.717) is 15.9 Å². The molecule has 1 aromatic rings. The van der Waals surface area contributed by atoms with E-state index in [0.717, 1.165) is 6.42 Å². The van der Waals surface area contributed by atoms with Crippen molar-refractivity contribution in [2.45, 2.75) is 59.5 Å². The fourth-order valence-electron chi connectivity index (χ4n) is 1.64. The smallest absolute Gasteiger partial charge is 0.265 e. The van der Waals surface area contributed by atoms with Crippen LogP contribution < -0.4 is 16.4 Å². The van der Waals surface area contributed by atoms with Gasteiger partial charge in [-0.1, -0.05) is 31.6 Å². The van der Waals surface area contributed by atoms with Crippen molar-refractivity contribution in [2.24, 2.45) is 5.92 Å². The molecule has 0 aliphatic carbocycles. The first-order valence-electron chi connectivity index (χ1n) is 6.99. The molecule has 5 nitrogen and oxygen atoms in total. The van der Waals surface area contributed by atoms with Gasteiger partial charge in [0.25, 0.3) is 5.91 Å². The maximum absolute atomic E-state index is 12.2. The van der Waals surface area contributed by atoms with Gasteiger partial charge in [0.1, 0.15) is 10.7 Å². The van der Waals surface area contributed by atoms with Crippen LogP contribution in [0.2, 0.25) is 0 Å². The molecule has 1 aromatic heterocycles. The summed E-state index contributed by atoms with van der Waals surface area (Å²) < 4.78 is 0. The third-order valence-electron chi connectivity index (χ3n) is 3.20. The Bertz CT molecular complexity index is 464. The molecule has 1 amide bonds. The van der Waals surface area contributed by atoms with Crippen LogP contribution in [0.25, 0.3) is 0 Å². The average Bonchev–Trinajstić information content (AvgIpc) is 2.66. The van der Waals surface area contributed by atoms with E-state index in [1.54, 1.807) is 0 Å². The van der Waals surface area contributed by atoms with Crippen molar-refractivity contribution in [3.05, 3.63) is 4.88 Å². The van der Waals surface area contributed by atoms with Gasteiger partial charge in [0.05, 0.1) is 0 Å². The van der Waals surface area contributed by atoms with Crippen LogP contribution in [0.3, 0.4) is 0 Å². The van der Waals surface area contributed by atoms with Gasteiger partial charge in [0.15, 0.2) is 5.13 Å². The normalized spacial score (nSPS) is 14.7. The Hall–Kier alpha value is -1.30. The van der Waals surface area contributed by atoms with Crippen molar-refractivity contribution >= 4 is 28.2 Å². The number of nitrogens with two attached hydrogens (primary N) is 1. The SMILES string of the molecule is CCC(C)C(C)NC(=O)c1sc(NC(C)(C)C)nc1N. The van der Waals surface area contributed by atoms with E-state index in [4.69, 9.17) is 5.73 Å². The van der Waals surface area contributed by atoms with Crippen molar-refractivity contribution in [2.75, 3.05) is 11.1 Å². The van der Waals surface area contributed by atoms with Crippen LogP contribution in [-0.2, 0) is 0 Å². The van der Waals surface area contributed by atoms with Crippen molar-refractivity contribution in [1.82, 2.24) is 10.3 Å². The molecule has 1 rings (SSSR count). The molecule has 0 saturated carbocycles. The number of carbonyl (C=O) groups is 1. The third kappa shape index (κ3) is 4.67. The van der Waals surface area contributed by atoms with Crippen molar-refractivity contribution in [3.8, 4) is 0 Å². The zero-order chi connectivity index (χ0) is 15.5. The monoisotopic (exact) mass is 298 g/mol. The molecule has 2 unspecified atom stereocenters. The minimum absolute atomic E-state index is 0.109. The Balaban J connectivity index is 2.79. The first-order valence-corrected chi connectivity index (χ1v) is 7.81. The lowest BCUT2D eigenvalue weighted by Gasteiger charge is -2.19. The highest BCUT2D eigenvalue weighted by Crippen LogP contribution is 2.27. The first kappa shape index (κ1) is 16.8. The van der Waals surface area contributed by atoms with Gasteiger partial charge in [0.2, 0.25) is 0 Å². The second kappa shape index (κ2) is 6.43. The quantitative estimate of drug-likeness (QED) is 0.780. The summed E-state index contributed by atoms with van der Waals surface area (Å²) in [7, 11) is 0. The van der Waals surface area contributed by atoms with Crippen LogP contribution in [0.15, 0.2) is 0 Å². The predicted molar refractivity (Wildman–Crippen MR) is 86.3 cm³/mol. The second-order valence-corrected chi connectivity index (χ2v) is 7.26. The molecular formula is C14H26N4OS. The number of nitrogen functional groups attached to an aromatic ring is 1. The Morgan fingerprint density at radius 2 is 2.00 bits per heavy atom. The highest BCUT2D eigenvalue weighted by Gasteiger charge is 2.21. The van der Waals surface area contributed by atoms with Crippen LogP contribution in [0.1, 0.15) is 57.6 Å². The van der Waals surface area contributed by atoms with E-state index < -0.39 is 0 Å². The van der Waals surface area contributed by atoms with Gasteiger partial charge in [-0.15, -0.1) is 0 Å². The minimum Gasteiger partial charge on any atom is -0.382 e. The van der Waals surface area contributed by atoms with E-state index >= 15 is 0 Å². The molecule has 2 atom stereocenters. The van der Waals surface area contributed by atoms with Crippen LogP contribution in [0, 0.1) is 5.92 Å². The van der Waals surface area contributed by atoms with Crippen molar-refractivity contribution in [1.29, 1.82) is 0 Å². The summed E-state index contributed by atoms with van der Waals surface area (Å²) in [6.45, 7) is 12.4. The molecule has 6 heteroatoms. The highest BCUT2D eigenvalue weighted by molar-refractivity contribution is 7.18. The average molecular weight is 298 g/mol. The number of nitrogens with zero attached hydrogens (tertiary/aromatic N) is 1. The van der Waals surface area contributed by atoms with Gasteiger partial charge < -0.3 is 16.4 Å². The van der Waals surface area contributed by atoms with Gasteiger partial charge in [0, 0.05) is 11.6 Å². The lowest BCUT2D eigenvalue weighted by atomic mass is 10.0. The molecule has 0 aromatic carbocycles. The number of hydrogen-bond donors (Lipinski definition) is 3. The number of hydrogen-bond acceptors (Lipinski definition) is 5. The molecule has 0 spiro atoms. The Kier molecular flexibility index (Phi) is 5.39. The molecule has 0 saturated heterocycles. The number of aromatic nitrogens is 1. The van der Waals surface area contributed by atoms with Crippen LogP contribution in [-0.4, -0.2) is 22.5 Å². The fourth-order valence-corrected chi connectivity index (χ4v) is 2.63. The number of nitrogens with one attached hydrogen (secondary N) is 2. The third-order valence-corrected chi connectivity index (χ3v) is 4.18. The number of anilines is 2. The van der Waals surface area contributed by atoms with E-state index in [2.05, 4.69) is 29.5 Å². The van der Waals surface area contributed by atoms with Gasteiger partial charge in [-0.25, -0.2) is 4.98 Å². The summed E-state index contributed by atoms with van der Waals surface area (Å²) in [6, 6.07) is 0.119. The van der Waals surface area contributed by atoms with Crippen LogP contribution in [0.4, 0.5) is 10.9 Å². The fraction of sp³-hybridized carbons (Fsp3) is 0.714. The highest BCUT2D eigenvalue weighted by atomic mass is 32.1. The maximum Gasteiger partial charge on any atom is 0.265 e. The lowest BCUT2D eigenvalue weighted by Crippen LogP contribution is -2.36. The molecule has 0 radical (unpaired) electrons. The second-order valence-electron chi connectivity index (χ2n) is 6.26. The zero-order valence-electron chi connectivity index (χ0n) is 13.2. The topological polar surface area (TPSA) is 80.0 Å². The van der Waals surface area contributed by atoms with Gasteiger partial charge in [-0.2, -0.15) is 0 Å². The lowest BCUT2D eigenvalue weighted by molar-refractivity contribution is 0.0933. The van der Waals surface area contributed by atoms with Gasteiger partial charge in [-0.05, 0) is 33.6 Å². The molecule has 0 fully saturated rings. The van der Waals surface area contributed by atoms with E-state index in [9.17, 15) is 4.79 Å². The number of amides is 1. The molecule has 1 heterocycles. The molecule has 0 aliphatic heterocycles. The molecule has 20 heavy (non-hydrogen) atoms. The summed E-state index contributed by atoms with van der Waals surface area (Å²) in [5.41, 5.74) is 5.73. The Morgan fingerprint density at radius 3 is 2.50 bits per heavy atom. The van der Waals surface area contributed by atoms with E-state index in [-0.39, 0.29) is 23.3 Å². The summed E-state index contributed by atoms with van der Waals surface area (Å²) in [6.07, 6.45) is 1.02. The van der Waals surface area contributed by atoms with Crippen LogP contribution >= 0.6 is 11.3 Å². The van der Waals surface area contributed by atoms with Gasteiger partial charge in [-0.3, -0.25) is 4.79 Å². The molecular weight excluding hydrogens is 272 g/mol. The largest absolute Gasteiger partial charge is 0.382 e. The predicted octanol–water partition coefficient (Wildman–Crippen LogP) is 3.10. The number of thiazole rings is 1. The number of carbonyl (C=O) groups excluding carboxylic acids is 1. The first-order chi connectivity index (χ1) is 9.14. The molecule has 0 bridgehead atoms. The summed E-state index contributed by atoms with van der Waals surface area (Å²) in [4.78, 5) is 16.9. The summed E-state index contributed by atoms with van der Waals surface area (Å²) in [5, 5.41) is 6.90.